The van der Waals surface area contributed by atoms with E-state index in [0.717, 1.165) is 19.3 Å². The summed E-state index contributed by atoms with van der Waals surface area (Å²) in [5, 5.41) is 21.0. The Morgan fingerprint density at radius 1 is 1.17 bits per heavy atom. The topological polar surface area (TPSA) is 66.8 Å². The van der Waals surface area contributed by atoms with Gasteiger partial charge in [0.05, 0.1) is 6.10 Å². The third-order valence-electron chi connectivity index (χ3n) is 5.18. The molecule has 4 nitrogen and oxygen atoms in total. The van der Waals surface area contributed by atoms with Crippen LogP contribution >= 0.6 is 0 Å². The molecule has 4 bridgehead atoms. The van der Waals surface area contributed by atoms with E-state index in [0.29, 0.717) is 24.7 Å². The van der Waals surface area contributed by atoms with E-state index in [-0.39, 0.29) is 12.0 Å². The summed E-state index contributed by atoms with van der Waals surface area (Å²) in [5.74, 6) is -1.49. The van der Waals surface area contributed by atoms with E-state index in [9.17, 15) is 15.0 Å². The van der Waals surface area contributed by atoms with Gasteiger partial charge in [-0.3, -0.25) is 4.79 Å². The van der Waals surface area contributed by atoms with Crippen LogP contribution in [0.3, 0.4) is 0 Å². The second-order valence-corrected chi connectivity index (χ2v) is 6.81. The number of rotatable bonds is 2. The van der Waals surface area contributed by atoms with Crippen LogP contribution in [0.15, 0.2) is 0 Å². The van der Waals surface area contributed by atoms with Crippen molar-refractivity contribution in [3.8, 4) is 0 Å². The number of hydrogen-bond donors (Lipinski definition) is 2. The van der Waals surface area contributed by atoms with Gasteiger partial charge in [-0.2, -0.15) is 0 Å². The summed E-state index contributed by atoms with van der Waals surface area (Å²) in [7, 11) is 0. The molecular weight excluding hydrogens is 232 g/mol. The zero-order valence-electron chi connectivity index (χ0n) is 11.1. The second kappa shape index (κ2) is 3.70. The molecule has 4 heteroatoms. The van der Waals surface area contributed by atoms with Crippen molar-refractivity contribution in [1.29, 1.82) is 0 Å². The Morgan fingerprint density at radius 2 is 1.72 bits per heavy atom. The molecule has 0 heterocycles. The molecule has 2 N–H and O–H groups in total. The maximum atomic E-state index is 12.4. The number of hydrogen-bond acceptors (Lipinski definition) is 4. The molecule has 4 saturated carbocycles. The monoisotopic (exact) mass is 254 g/mol. The maximum Gasteiger partial charge on any atom is 0.317 e. The van der Waals surface area contributed by atoms with Crippen molar-refractivity contribution in [1.82, 2.24) is 0 Å². The lowest BCUT2D eigenvalue weighted by molar-refractivity contribution is -0.331. The number of carbonyl (C=O) groups is 1. The molecular formula is C14H22O4. The van der Waals surface area contributed by atoms with Crippen molar-refractivity contribution in [2.75, 3.05) is 0 Å². The number of carbonyl (C=O) groups excluding carboxylic acids is 1. The highest BCUT2D eigenvalue weighted by molar-refractivity contribution is 5.79. The van der Waals surface area contributed by atoms with E-state index in [2.05, 4.69) is 0 Å². The van der Waals surface area contributed by atoms with Crippen molar-refractivity contribution < 1.29 is 19.7 Å². The van der Waals surface area contributed by atoms with Gasteiger partial charge in [0.2, 0.25) is 0 Å². The summed E-state index contributed by atoms with van der Waals surface area (Å²) in [5.41, 5.74) is -1.06. The highest BCUT2D eigenvalue weighted by Crippen LogP contribution is 2.64. The van der Waals surface area contributed by atoms with Gasteiger partial charge in [0.15, 0.2) is 5.79 Å². The summed E-state index contributed by atoms with van der Waals surface area (Å²) < 4.78 is 5.31. The first-order valence-corrected chi connectivity index (χ1v) is 7.01. The maximum absolute atomic E-state index is 12.4. The number of esters is 1. The lowest BCUT2D eigenvalue weighted by Gasteiger charge is -2.61. The molecule has 0 amide bonds. The van der Waals surface area contributed by atoms with E-state index in [1.54, 1.807) is 13.8 Å². The van der Waals surface area contributed by atoms with Crippen LogP contribution in [-0.2, 0) is 9.53 Å². The molecule has 0 aromatic carbocycles. The Hall–Kier alpha value is -0.610. The molecule has 0 aliphatic heterocycles. The fourth-order valence-corrected chi connectivity index (χ4v) is 4.63. The van der Waals surface area contributed by atoms with Crippen molar-refractivity contribution in [3.63, 3.8) is 0 Å². The first-order valence-electron chi connectivity index (χ1n) is 7.01. The Bertz CT molecular complexity index is 360. The Labute approximate surface area is 107 Å². The minimum absolute atomic E-state index is 0.150. The van der Waals surface area contributed by atoms with E-state index in [1.165, 1.54) is 0 Å². The van der Waals surface area contributed by atoms with Gasteiger partial charge in [-0.1, -0.05) is 0 Å². The van der Waals surface area contributed by atoms with Gasteiger partial charge in [-0.25, -0.2) is 0 Å². The molecule has 0 saturated heterocycles. The van der Waals surface area contributed by atoms with Gasteiger partial charge in [0.25, 0.3) is 0 Å². The summed E-state index contributed by atoms with van der Waals surface area (Å²) >= 11 is 0. The van der Waals surface area contributed by atoms with Crippen LogP contribution in [0.25, 0.3) is 0 Å². The van der Waals surface area contributed by atoms with Crippen LogP contribution in [-0.4, -0.2) is 28.1 Å². The van der Waals surface area contributed by atoms with E-state index in [4.69, 9.17) is 4.74 Å². The normalized spacial score (nSPS) is 44.4. The van der Waals surface area contributed by atoms with E-state index >= 15 is 0 Å². The van der Waals surface area contributed by atoms with Gasteiger partial charge >= 0.3 is 5.97 Å². The van der Waals surface area contributed by atoms with Crippen molar-refractivity contribution in [2.24, 2.45) is 23.2 Å². The highest BCUT2D eigenvalue weighted by atomic mass is 16.6. The first-order chi connectivity index (χ1) is 8.35. The summed E-state index contributed by atoms with van der Waals surface area (Å²) in [6.07, 6.45) is 3.79. The largest absolute Gasteiger partial charge is 0.462 e. The zero-order valence-corrected chi connectivity index (χ0v) is 11.1. The van der Waals surface area contributed by atoms with Gasteiger partial charge in [-0.15, -0.1) is 0 Å². The van der Waals surface area contributed by atoms with Crippen LogP contribution in [0.1, 0.15) is 46.0 Å². The van der Waals surface area contributed by atoms with Crippen molar-refractivity contribution >= 4 is 5.97 Å². The molecule has 2 unspecified atom stereocenters. The SMILES string of the molecule is CC(C)OC(=O)C12CC3CC(CC(C3)C1(O)O)C2. The minimum Gasteiger partial charge on any atom is -0.462 e. The average Bonchev–Trinajstić information content (AvgIpc) is 2.24. The lowest BCUT2D eigenvalue weighted by Crippen LogP contribution is -2.67. The van der Waals surface area contributed by atoms with Gasteiger partial charge in [0, 0.05) is 5.92 Å². The third kappa shape index (κ3) is 1.48. The molecule has 0 aromatic heterocycles. The molecule has 4 rings (SSSR count). The first kappa shape index (κ1) is 12.4. The minimum atomic E-state index is -1.87. The van der Waals surface area contributed by atoms with Crippen molar-refractivity contribution in [2.45, 2.75) is 57.8 Å². The standard InChI is InChI=1S/C14H22O4/c1-8(2)18-12(15)13-6-9-3-10(7-13)5-11(4-9)14(13,16)17/h8-11,16-17H,3-7H2,1-2H3. The van der Waals surface area contributed by atoms with Crippen LogP contribution < -0.4 is 0 Å². The third-order valence-corrected chi connectivity index (χ3v) is 5.18. The molecule has 18 heavy (non-hydrogen) atoms. The van der Waals surface area contributed by atoms with Gasteiger partial charge in [-0.05, 0) is 57.8 Å². The Morgan fingerprint density at radius 3 is 2.22 bits per heavy atom. The predicted octanol–water partition coefficient (Wildman–Crippen LogP) is 1.45. The van der Waals surface area contributed by atoms with E-state index in [1.807, 2.05) is 0 Å². The molecule has 4 fully saturated rings. The summed E-state index contributed by atoms with van der Waals surface area (Å²) in [6, 6.07) is 0. The second-order valence-electron chi connectivity index (χ2n) is 6.81. The summed E-state index contributed by atoms with van der Waals surface area (Å²) in [4.78, 5) is 12.4. The zero-order chi connectivity index (χ0) is 13.1. The Balaban J connectivity index is 1.95. The smallest absolute Gasteiger partial charge is 0.317 e. The predicted molar refractivity (Wildman–Crippen MR) is 64.4 cm³/mol. The van der Waals surface area contributed by atoms with Crippen LogP contribution in [0.5, 0.6) is 0 Å². The molecule has 0 aromatic rings. The molecule has 4 aliphatic carbocycles. The fraction of sp³-hybridized carbons (Fsp3) is 0.929. The van der Waals surface area contributed by atoms with Crippen LogP contribution in [0.2, 0.25) is 0 Å². The summed E-state index contributed by atoms with van der Waals surface area (Å²) in [6.45, 7) is 3.60. The van der Waals surface area contributed by atoms with Crippen molar-refractivity contribution in [3.05, 3.63) is 0 Å². The lowest BCUT2D eigenvalue weighted by atomic mass is 9.46. The fourth-order valence-electron chi connectivity index (χ4n) is 4.63. The molecule has 2 atom stereocenters. The van der Waals surface area contributed by atoms with Crippen LogP contribution in [0.4, 0.5) is 0 Å². The van der Waals surface area contributed by atoms with E-state index < -0.39 is 17.2 Å². The number of ether oxygens (including phenoxy) is 1. The molecule has 0 spiro atoms. The molecule has 0 radical (unpaired) electrons. The molecule has 102 valence electrons. The quantitative estimate of drug-likeness (QED) is 0.578. The Kier molecular flexibility index (Phi) is 2.55. The van der Waals surface area contributed by atoms with Gasteiger partial charge < -0.3 is 14.9 Å². The highest BCUT2D eigenvalue weighted by Gasteiger charge is 2.69. The van der Waals surface area contributed by atoms with Crippen LogP contribution in [0, 0.1) is 23.2 Å². The van der Waals surface area contributed by atoms with Gasteiger partial charge in [0.1, 0.15) is 5.41 Å². The average molecular weight is 254 g/mol. The number of aliphatic hydroxyl groups is 2. The molecule has 4 aliphatic rings.